The zero-order valence-electron chi connectivity index (χ0n) is 11.2. The number of carbonyl (C=O) groups is 1. The Morgan fingerprint density at radius 1 is 1.40 bits per heavy atom. The monoisotopic (exact) mass is 288 g/mol. The number of hydrogen-bond donors (Lipinski definition) is 0. The first-order chi connectivity index (χ1) is 9.81. The third kappa shape index (κ3) is 2.16. The summed E-state index contributed by atoms with van der Waals surface area (Å²) in [6.45, 7) is 0.748. The van der Waals surface area contributed by atoms with Gasteiger partial charge >= 0.3 is 0 Å². The quantitative estimate of drug-likeness (QED) is 0.864. The number of aryl methyl sites for hydroxylation is 1. The first-order valence-corrected chi connectivity index (χ1v) is 7.95. The molecule has 1 fully saturated rings. The summed E-state index contributed by atoms with van der Waals surface area (Å²) in [5, 5.41) is 0.990. The van der Waals surface area contributed by atoms with E-state index in [1.54, 1.807) is 17.6 Å². The number of nitrogens with zero attached hydrogens (tertiary/aromatic N) is 2. The van der Waals surface area contributed by atoms with Gasteiger partial charge in [0.2, 0.25) is 0 Å². The molecule has 1 saturated carbocycles. The third-order valence-electron chi connectivity index (χ3n) is 3.90. The van der Waals surface area contributed by atoms with Gasteiger partial charge in [-0.05, 0) is 37.8 Å². The summed E-state index contributed by atoms with van der Waals surface area (Å²) in [5.74, 6) is 1.22. The van der Waals surface area contributed by atoms with Gasteiger partial charge in [0.25, 0.3) is 0 Å². The Morgan fingerprint density at radius 3 is 3.00 bits per heavy atom. The van der Waals surface area contributed by atoms with Crippen LogP contribution in [0.5, 0.6) is 0 Å². The van der Waals surface area contributed by atoms with Crippen LogP contribution in [0.4, 0.5) is 5.13 Å². The van der Waals surface area contributed by atoms with Gasteiger partial charge in [-0.15, -0.1) is 0 Å². The summed E-state index contributed by atoms with van der Waals surface area (Å²) in [7, 11) is 0. The minimum atomic E-state index is 0.267. The topological polar surface area (TPSA) is 46.3 Å². The van der Waals surface area contributed by atoms with E-state index in [4.69, 9.17) is 9.40 Å². The highest BCUT2D eigenvalue weighted by Crippen LogP contribution is 2.38. The molecule has 4 nitrogen and oxygen atoms in total. The largest absolute Gasteiger partial charge is 0.467 e. The van der Waals surface area contributed by atoms with Crippen LogP contribution < -0.4 is 4.90 Å². The Morgan fingerprint density at radius 2 is 2.30 bits per heavy atom. The van der Waals surface area contributed by atoms with Crippen LogP contribution in [0.3, 0.4) is 0 Å². The molecular formula is C15H16N2O2S. The van der Waals surface area contributed by atoms with Crippen LogP contribution >= 0.6 is 11.3 Å². The molecule has 0 spiro atoms. The van der Waals surface area contributed by atoms with Gasteiger partial charge in [0, 0.05) is 12.5 Å². The normalized spacial score (nSPS) is 18.1. The lowest BCUT2D eigenvalue weighted by Gasteiger charge is -2.19. The van der Waals surface area contributed by atoms with E-state index in [2.05, 4.69) is 4.90 Å². The summed E-state index contributed by atoms with van der Waals surface area (Å²) in [5.41, 5.74) is 1.01. The number of ketones is 1. The van der Waals surface area contributed by atoms with E-state index in [0.29, 0.717) is 12.5 Å². The number of aromatic nitrogens is 1. The molecule has 0 radical (unpaired) electrons. The molecule has 5 heteroatoms. The summed E-state index contributed by atoms with van der Waals surface area (Å²) >= 11 is 1.57. The summed E-state index contributed by atoms with van der Waals surface area (Å²) in [4.78, 5) is 19.9. The molecule has 0 aromatic carbocycles. The van der Waals surface area contributed by atoms with Crippen molar-refractivity contribution in [3.05, 3.63) is 34.7 Å². The molecule has 4 rings (SSSR count). The molecule has 0 aliphatic heterocycles. The maximum absolute atomic E-state index is 12.0. The van der Waals surface area contributed by atoms with Gasteiger partial charge in [-0.3, -0.25) is 4.79 Å². The number of hydrogen-bond acceptors (Lipinski definition) is 5. The molecule has 2 aromatic heterocycles. The van der Waals surface area contributed by atoms with Crippen LogP contribution in [0.25, 0.3) is 0 Å². The molecule has 0 bridgehead atoms. The highest BCUT2D eigenvalue weighted by Gasteiger charge is 2.33. The third-order valence-corrected chi connectivity index (χ3v) is 5.07. The molecule has 2 aromatic rings. The average molecular weight is 288 g/mol. The number of anilines is 1. The maximum Gasteiger partial charge on any atom is 0.186 e. The van der Waals surface area contributed by atoms with Crippen LogP contribution in [-0.4, -0.2) is 16.8 Å². The van der Waals surface area contributed by atoms with Gasteiger partial charge in [0.15, 0.2) is 10.9 Å². The standard InChI is InChI=1S/C15H16N2O2S/c18-13-5-1-4-12-14(13)20-15(16-12)17(10-6-7-10)9-11-3-2-8-19-11/h2-3,8,10H,1,4-7,9H2. The van der Waals surface area contributed by atoms with Gasteiger partial charge in [0.1, 0.15) is 5.76 Å². The van der Waals surface area contributed by atoms with Crippen LogP contribution in [0.15, 0.2) is 22.8 Å². The molecule has 2 aliphatic rings. The lowest BCUT2D eigenvalue weighted by atomic mass is 10.0. The van der Waals surface area contributed by atoms with Gasteiger partial charge in [0.05, 0.1) is 23.4 Å². The van der Waals surface area contributed by atoms with E-state index in [0.717, 1.165) is 40.8 Å². The smallest absolute Gasteiger partial charge is 0.186 e. The van der Waals surface area contributed by atoms with E-state index in [9.17, 15) is 4.79 Å². The molecule has 0 unspecified atom stereocenters. The highest BCUT2D eigenvalue weighted by molar-refractivity contribution is 7.17. The molecule has 104 valence electrons. The summed E-state index contributed by atoms with van der Waals surface area (Å²) in [6, 6.07) is 4.47. The Kier molecular flexibility index (Phi) is 2.88. The van der Waals surface area contributed by atoms with Gasteiger partial charge < -0.3 is 9.32 Å². The number of fused-ring (bicyclic) bond motifs is 1. The number of Topliss-reactive ketones (excluding diaryl/α,β-unsaturated/α-hetero) is 1. The zero-order valence-corrected chi connectivity index (χ0v) is 12.0. The molecule has 0 atom stereocenters. The predicted molar refractivity (Wildman–Crippen MR) is 77.3 cm³/mol. The Labute approximate surface area is 121 Å². The lowest BCUT2D eigenvalue weighted by molar-refractivity contribution is 0.0976. The average Bonchev–Trinajstić information content (AvgIpc) is 2.99. The van der Waals surface area contributed by atoms with Gasteiger partial charge in [-0.25, -0.2) is 4.98 Å². The molecule has 0 saturated heterocycles. The SMILES string of the molecule is O=C1CCCc2nc(N(Cc3ccco3)C3CC3)sc21. The van der Waals surface area contributed by atoms with Crippen molar-refractivity contribution in [3.63, 3.8) is 0 Å². The van der Waals surface area contributed by atoms with Gasteiger partial charge in [-0.1, -0.05) is 11.3 Å². The number of furan rings is 1. The molecule has 0 amide bonds. The molecule has 2 heterocycles. The zero-order chi connectivity index (χ0) is 13.5. The second kappa shape index (κ2) is 4.74. The van der Waals surface area contributed by atoms with Crippen molar-refractivity contribution >= 4 is 22.3 Å². The first kappa shape index (κ1) is 12.1. The van der Waals surface area contributed by atoms with E-state index < -0.39 is 0 Å². The van der Waals surface area contributed by atoms with Crippen molar-refractivity contribution in [1.29, 1.82) is 0 Å². The van der Waals surface area contributed by atoms with E-state index >= 15 is 0 Å². The maximum atomic E-state index is 12.0. The highest BCUT2D eigenvalue weighted by atomic mass is 32.1. The van der Waals surface area contributed by atoms with Crippen LogP contribution in [0.2, 0.25) is 0 Å². The second-order valence-corrected chi connectivity index (χ2v) is 6.46. The van der Waals surface area contributed by atoms with E-state index in [-0.39, 0.29) is 5.78 Å². The number of thiazole rings is 1. The van der Waals surface area contributed by atoms with Crippen LogP contribution in [0.1, 0.15) is 46.8 Å². The van der Waals surface area contributed by atoms with E-state index in [1.165, 1.54) is 12.8 Å². The van der Waals surface area contributed by atoms with Crippen molar-refractivity contribution in [2.45, 2.75) is 44.7 Å². The van der Waals surface area contributed by atoms with E-state index in [1.807, 2.05) is 12.1 Å². The Balaban J connectivity index is 1.65. The number of carbonyl (C=O) groups excluding carboxylic acids is 1. The van der Waals surface area contributed by atoms with Crippen molar-refractivity contribution in [3.8, 4) is 0 Å². The van der Waals surface area contributed by atoms with Crippen molar-refractivity contribution in [2.24, 2.45) is 0 Å². The fraction of sp³-hybridized carbons (Fsp3) is 0.467. The lowest BCUT2D eigenvalue weighted by Crippen LogP contribution is -2.24. The van der Waals surface area contributed by atoms with Crippen molar-refractivity contribution in [1.82, 2.24) is 4.98 Å². The molecule has 0 N–H and O–H groups in total. The minimum absolute atomic E-state index is 0.267. The fourth-order valence-corrected chi connectivity index (χ4v) is 3.84. The Hall–Kier alpha value is -1.62. The second-order valence-electron chi connectivity index (χ2n) is 5.49. The van der Waals surface area contributed by atoms with Crippen molar-refractivity contribution in [2.75, 3.05) is 4.90 Å². The van der Waals surface area contributed by atoms with Crippen molar-refractivity contribution < 1.29 is 9.21 Å². The summed E-state index contributed by atoms with van der Waals surface area (Å²) in [6.07, 6.45) is 6.68. The predicted octanol–water partition coefficient (Wildman–Crippen LogP) is 3.42. The summed E-state index contributed by atoms with van der Waals surface area (Å²) < 4.78 is 5.45. The first-order valence-electron chi connectivity index (χ1n) is 7.13. The van der Waals surface area contributed by atoms with Crippen LogP contribution in [0, 0.1) is 0 Å². The molecular weight excluding hydrogens is 272 g/mol. The van der Waals surface area contributed by atoms with Crippen LogP contribution in [-0.2, 0) is 13.0 Å². The van der Waals surface area contributed by atoms with Gasteiger partial charge in [-0.2, -0.15) is 0 Å². The fourth-order valence-electron chi connectivity index (χ4n) is 2.69. The minimum Gasteiger partial charge on any atom is -0.467 e. The Bertz CT molecular complexity index is 628. The molecule has 20 heavy (non-hydrogen) atoms. The molecule has 2 aliphatic carbocycles. The number of rotatable bonds is 4.